The highest BCUT2D eigenvalue weighted by Crippen LogP contribution is 2.25. The Hall–Kier alpha value is -3.84. The molecule has 6 nitrogen and oxygen atoms in total. The number of hydrogen-bond donors (Lipinski definition) is 1. The fourth-order valence-electron chi connectivity index (χ4n) is 3.71. The summed E-state index contributed by atoms with van der Waals surface area (Å²) in [6.07, 6.45) is 2.51. The largest absolute Gasteiger partial charge is 0.485 e. The summed E-state index contributed by atoms with van der Waals surface area (Å²) in [7, 11) is 0. The van der Waals surface area contributed by atoms with E-state index in [0.29, 0.717) is 35.1 Å². The van der Waals surface area contributed by atoms with E-state index in [1.54, 1.807) is 29.8 Å². The molecule has 0 bridgehead atoms. The highest BCUT2D eigenvalue weighted by atomic mass is 35.5. The van der Waals surface area contributed by atoms with Crippen molar-refractivity contribution in [3.63, 3.8) is 0 Å². The minimum atomic E-state index is -0.399. The molecule has 0 atom stereocenters. The maximum Gasteiger partial charge on any atom is 0.291 e. The highest BCUT2D eigenvalue weighted by molar-refractivity contribution is 6.31. The summed E-state index contributed by atoms with van der Waals surface area (Å²) in [6, 6.07) is 15.3. The molecule has 2 aromatic heterocycles. The molecule has 0 aliphatic heterocycles. The van der Waals surface area contributed by atoms with Crippen LogP contribution in [-0.4, -0.2) is 15.7 Å². The number of aromatic nitrogens is 2. The Balaban J connectivity index is 1.43. The van der Waals surface area contributed by atoms with Crippen molar-refractivity contribution >= 4 is 23.2 Å². The van der Waals surface area contributed by atoms with Gasteiger partial charge in [-0.1, -0.05) is 41.9 Å². The van der Waals surface area contributed by atoms with Crippen molar-refractivity contribution in [1.29, 1.82) is 0 Å². The molecule has 2 aromatic carbocycles. The number of hydrogen-bond acceptors (Lipinski definition) is 4. The Morgan fingerprint density at radius 1 is 1.20 bits per heavy atom. The molecule has 0 saturated carbocycles. The zero-order chi connectivity index (χ0) is 24.9. The fraction of sp³-hybridized carbons (Fsp3) is 0.185. The van der Waals surface area contributed by atoms with Crippen LogP contribution < -0.4 is 10.1 Å². The standard InChI is InChI=1S/C27H25ClFN3O3/c1-4-7-19-8-5-6-9-24(19)34-16-22-12-13-25(35-22)27(33)30-26-17(2)31-32(18(26)3)15-20-10-11-21(29)14-23(20)28/h4-6,8-14H,1,7,15-16H2,2-3H3,(H,30,33). The van der Waals surface area contributed by atoms with Crippen LogP contribution in [0.15, 0.2) is 71.7 Å². The first kappa shape index (κ1) is 24.3. The number of nitrogens with one attached hydrogen (secondary N) is 1. The minimum absolute atomic E-state index is 0.163. The van der Waals surface area contributed by atoms with Gasteiger partial charge in [-0.25, -0.2) is 4.39 Å². The zero-order valence-electron chi connectivity index (χ0n) is 19.5. The summed E-state index contributed by atoms with van der Waals surface area (Å²) >= 11 is 6.16. The molecule has 180 valence electrons. The van der Waals surface area contributed by atoms with Crippen molar-refractivity contribution in [2.45, 2.75) is 33.4 Å². The summed E-state index contributed by atoms with van der Waals surface area (Å²) in [6.45, 7) is 7.95. The molecular formula is C27H25ClFN3O3. The molecule has 0 radical (unpaired) electrons. The number of halogens is 2. The van der Waals surface area contributed by atoms with Crippen molar-refractivity contribution in [2.24, 2.45) is 0 Å². The predicted molar refractivity (Wildman–Crippen MR) is 134 cm³/mol. The third kappa shape index (κ3) is 5.63. The van der Waals surface area contributed by atoms with E-state index in [0.717, 1.165) is 22.6 Å². The summed E-state index contributed by atoms with van der Waals surface area (Å²) in [5, 5.41) is 7.70. The Labute approximate surface area is 208 Å². The Morgan fingerprint density at radius 2 is 2.00 bits per heavy atom. The number of furan rings is 1. The van der Waals surface area contributed by atoms with Crippen LogP contribution in [0, 0.1) is 19.7 Å². The second-order valence-corrected chi connectivity index (χ2v) is 8.46. The van der Waals surface area contributed by atoms with Gasteiger partial charge < -0.3 is 14.5 Å². The average molecular weight is 494 g/mol. The van der Waals surface area contributed by atoms with E-state index in [9.17, 15) is 9.18 Å². The van der Waals surface area contributed by atoms with E-state index in [2.05, 4.69) is 17.0 Å². The van der Waals surface area contributed by atoms with Crippen molar-refractivity contribution in [3.8, 4) is 5.75 Å². The van der Waals surface area contributed by atoms with Crippen molar-refractivity contribution in [1.82, 2.24) is 9.78 Å². The lowest BCUT2D eigenvalue weighted by atomic mass is 10.1. The van der Waals surface area contributed by atoms with Crippen LogP contribution in [0.25, 0.3) is 0 Å². The minimum Gasteiger partial charge on any atom is -0.485 e. The van der Waals surface area contributed by atoms with Gasteiger partial charge in [0, 0.05) is 5.02 Å². The van der Waals surface area contributed by atoms with E-state index in [1.165, 1.54) is 12.1 Å². The molecule has 35 heavy (non-hydrogen) atoms. The summed E-state index contributed by atoms with van der Waals surface area (Å²) in [5.74, 6) is 0.641. The Morgan fingerprint density at radius 3 is 2.77 bits per heavy atom. The van der Waals surface area contributed by atoms with Crippen LogP contribution in [0.2, 0.25) is 5.02 Å². The number of para-hydroxylation sites is 1. The molecule has 0 unspecified atom stereocenters. The number of carbonyl (C=O) groups is 1. The molecule has 1 N–H and O–H groups in total. The molecule has 2 heterocycles. The third-order valence-corrected chi connectivity index (χ3v) is 5.90. The van der Waals surface area contributed by atoms with Gasteiger partial charge in [0.25, 0.3) is 5.91 Å². The first-order valence-corrected chi connectivity index (χ1v) is 11.4. The van der Waals surface area contributed by atoms with Crippen LogP contribution in [0.5, 0.6) is 5.75 Å². The lowest BCUT2D eigenvalue weighted by molar-refractivity contribution is 0.0992. The van der Waals surface area contributed by atoms with E-state index in [-0.39, 0.29) is 12.4 Å². The number of aryl methyl sites for hydroxylation is 1. The van der Waals surface area contributed by atoms with Gasteiger partial charge in [0.15, 0.2) is 5.76 Å². The average Bonchev–Trinajstić information content (AvgIpc) is 3.41. The SMILES string of the molecule is C=CCc1ccccc1OCc1ccc(C(=O)Nc2c(C)nn(Cc3ccc(F)cc3Cl)c2C)o1. The van der Waals surface area contributed by atoms with E-state index < -0.39 is 11.7 Å². The van der Waals surface area contributed by atoms with Crippen molar-refractivity contribution < 1.29 is 18.3 Å². The van der Waals surface area contributed by atoms with E-state index in [4.69, 9.17) is 20.8 Å². The quantitative estimate of drug-likeness (QED) is 0.270. The fourth-order valence-corrected chi connectivity index (χ4v) is 3.94. The highest BCUT2D eigenvalue weighted by Gasteiger charge is 2.18. The van der Waals surface area contributed by atoms with Gasteiger partial charge in [0.2, 0.25) is 0 Å². The molecule has 4 rings (SSSR count). The second kappa shape index (κ2) is 10.6. The molecule has 0 saturated heterocycles. The van der Waals surface area contributed by atoms with Gasteiger partial charge in [-0.15, -0.1) is 6.58 Å². The normalized spacial score (nSPS) is 10.9. The number of anilines is 1. The number of rotatable bonds is 9. The summed E-state index contributed by atoms with van der Waals surface area (Å²) in [4.78, 5) is 12.8. The third-order valence-electron chi connectivity index (χ3n) is 5.55. The predicted octanol–water partition coefficient (Wildman–Crippen LogP) is 6.49. The van der Waals surface area contributed by atoms with Gasteiger partial charge in [-0.3, -0.25) is 9.48 Å². The summed E-state index contributed by atoms with van der Waals surface area (Å²) in [5.41, 5.74) is 3.72. The molecule has 8 heteroatoms. The van der Waals surface area contributed by atoms with Crippen LogP contribution in [0.3, 0.4) is 0 Å². The molecule has 0 spiro atoms. The van der Waals surface area contributed by atoms with Gasteiger partial charge in [-0.05, 0) is 61.7 Å². The van der Waals surface area contributed by atoms with Gasteiger partial charge in [-0.2, -0.15) is 5.10 Å². The lowest BCUT2D eigenvalue weighted by Crippen LogP contribution is -2.12. The van der Waals surface area contributed by atoms with Crippen LogP contribution >= 0.6 is 11.6 Å². The van der Waals surface area contributed by atoms with Crippen molar-refractivity contribution in [3.05, 3.63) is 112 Å². The Kier molecular flexibility index (Phi) is 7.36. The first-order chi connectivity index (χ1) is 16.9. The van der Waals surface area contributed by atoms with Gasteiger partial charge in [0.1, 0.15) is 23.9 Å². The number of amides is 1. The number of benzene rings is 2. The number of carbonyl (C=O) groups excluding carboxylic acids is 1. The molecule has 0 aliphatic rings. The van der Waals surface area contributed by atoms with Crippen LogP contribution in [-0.2, 0) is 19.6 Å². The zero-order valence-corrected chi connectivity index (χ0v) is 20.2. The smallest absolute Gasteiger partial charge is 0.291 e. The molecule has 0 aliphatic carbocycles. The van der Waals surface area contributed by atoms with Crippen molar-refractivity contribution in [2.75, 3.05) is 5.32 Å². The number of ether oxygens (including phenoxy) is 1. The first-order valence-electron chi connectivity index (χ1n) is 11.0. The lowest BCUT2D eigenvalue weighted by Gasteiger charge is -2.09. The Bertz CT molecular complexity index is 1380. The van der Waals surface area contributed by atoms with Crippen LogP contribution in [0.1, 0.15) is 38.8 Å². The molecule has 1 amide bonds. The number of allylic oxidation sites excluding steroid dienone is 1. The molecule has 0 fully saturated rings. The second-order valence-electron chi connectivity index (χ2n) is 8.05. The molecular weight excluding hydrogens is 469 g/mol. The summed E-state index contributed by atoms with van der Waals surface area (Å²) < 4.78 is 26.7. The van der Waals surface area contributed by atoms with E-state index in [1.807, 2.05) is 37.3 Å². The maximum atomic E-state index is 13.3. The maximum absolute atomic E-state index is 13.3. The van der Waals surface area contributed by atoms with Crippen LogP contribution in [0.4, 0.5) is 10.1 Å². The van der Waals surface area contributed by atoms with E-state index >= 15 is 0 Å². The number of nitrogens with zero attached hydrogens (tertiary/aromatic N) is 2. The monoisotopic (exact) mass is 493 g/mol. The topological polar surface area (TPSA) is 69.3 Å². The molecule has 4 aromatic rings. The van der Waals surface area contributed by atoms with Gasteiger partial charge >= 0.3 is 0 Å². The van der Waals surface area contributed by atoms with Gasteiger partial charge in [0.05, 0.1) is 23.6 Å².